The molecule has 1 aliphatic heterocycles. The molecular formula is C21H22N6O. The van der Waals surface area contributed by atoms with Crippen LogP contribution in [0.25, 0.3) is 11.1 Å². The monoisotopic (exact) mass is 374 g/mol. The molecule has 0 N–H and O–H groups in total. The number of carbonyl (C=O) groups excluding carboxylic acids is 1. The molecule has 28 heavy (non-hydrogen) atoms. The van der Waals surface area contributed by atoms with Crippen molar-refractivity contribution in [3.05, 3.63) is 66.5 Å². The van der Waals surface area contributed by atoms with Crippen molar-refractivity contribution >= 4 is 11.9 Å². The number of hydrogen-bond donors (Lipinski definition) is 0. The first-order chi connectivity index (χ1) is 13.6. The molecule has 3 aromatic rings. The van der Waals surface area contributed by atoms with Gasteiger partial charge >= 0.3 is 0 Å². The van der Waals surface area contributed by atoms with Gasteiger partial charge in [0.2, 0.25) is 5.95 Å². The molecule has 4 rings (SSSR count). The summed E-state index contributed by atoms with van der Waals surface area (Å²) in [6.07, 6.45) is 10.5. The molecule has 0 bridgehead atoms. The molecule has 4 heterocycles. The zero-order chi connectivity index (χ0) is 19.5. The van der Waals surface area contributed by atoms with Crippen LogP contribution in [0.15, 0.2) is 55.2 Å². The number of likely N-dealkylation sites (tertiary alicyclic amines) is 1. The number of pyridine rings is 2. The first kappa shape index (κ1) is 18.0. The molecule has 1 amide bonds. The largest absolute Gasteiger partial charge is 0.347 e. The third kappa shape index (κ3) is 3.43. The van der Waals surface area contributed by atoms with Crippen LogP contribution < -0.4 is 4.90 Å². The summed E-state index contributed by atoms with van der Waals surface area (Å²) in [5.41, 5.74) is 3.40. The Morgan fingerprint density at radius 3 is 2.64 bits per heavy atom. The Balaban J connectivity index is 1.78. The highest BCUT2D eigenvalue weighted by molar-refractivity contribution is 5.94. The zero-order valence-electron chi connectivity index (χ0n) is 16.0. The van der Waals surface area contributed by atoms with Crippen LogP contribution in [0.3, 0.4) is 0 Å². The summed E-state index contributed by atoms with van der Waals surface area (Å²) in [5.74, 6) is 0.620. The van der Waals surface area contributed by atoms with E-state index in [-0.39, 0.29) is 11.9 Å². The van der Waals surface area contributed by atoms with Gasteiger partial charge in [0.15, 0.2) is 0 Å². The van der Waals surface area contributed by atoms with Crippen molar-refractivity contribution in [2.75, 3.05) is 25.5 Å². The molecule has 1 unspecified atom stereocenters. The minimum atomic E-state index is -0.0995. The van der Waals surface area contributed by atoms with Crippen LogP contribution >= 0.6 is 0 Å². The van der Waals surface area contributed by atoms with Gasteiger partial charge in [-0.15, -0.1) is 0 Å². The van der Waals surface area contributed by atoms with E-state index >= 15 is 0 Å². The van der Waals surface area contributed by atoms with Gasteiger partial charge in [-0.2, -0.15) is 0 Å². The summed E-state index contributed by atoms with van der Waals surface area (Å²) in [6, 6.07) is 7.38. The molecule has 0 aliphatic carbocycles. The Morgan fingerprint density at radius 2 is 1.93 bits per heavy atom. The Bertz CT molecular complexity index is 961. The average molecular weight is 374 g/mol. The second-order valence-corrected chi connectivity index (χ2v) is 7.00. The number of hydrogen-bond acceptors (Lipinski definition) is 6. The van der Waals surface area contributed by atoms with Gasteiger partial charge in [0.05, 0.1) is 17.3 Å². The molecule has 7 heteroatoms. The van der Waals surface area contributed by atoms with Crippen molar-refractivity contribution in [3.63, 3.8) is 0 Å². The fraction of sp³-hybridized carbons (Fsp3) is 0.286. The Kier molecular flexibility index (Phi) is 4.97. The Morgan fingerprint density at radius 1 is 1.11 bits per heavy atom. The van der Waals surface area contributed by atoms with Gasteiger partial charge in [-0.05, 0) is 42.7 Å². The van der Waals surface area contributed by atoms with Gasteiger partial charge < -0.3 is 9.80 Å². The summed E-state index contributed by atoms with van der Waals surface area (Å²) in [7, 11) is 3.83. The SMILES string of the molecule is CN(C)c1ncc(-c2ccncc2)c(C2CCCN2C(=O)c2cccnc2)n1. The van der Waals surface area contributed by atoms with Gasteiger partial charge in [-0.1, -0.05) is 0 Å². The molecule has 0 spiro atoms. The van der Waals surface area contributed by atoms with Gasteiger partial charge in [0.1, 0.15) is 0 Å². The van der Waals surface area contributed by atoms with E-state index < -0.39 is 0 Å². The average Bonchev–Trinajstić information content (AvgIpc) is 3.23. The molecule has 1 aliphatic rings. The van der Waals surface area contributed by atoms with E-state index in [1.54, 1.807) is 36.9 Å². The lowest BCUT2D eigenvalue weighted by Crippen LogP contribution is -2.31. The van der Waals surface area contributed by atoms with Crippen LogP contribution in [0.2, 0.25) is 0 Å². The molecule has 1 saturated heterocycles. The van der Waals surface area contributed by atoms with Crippen molar-refractivity contribution in [3.8, 4) is 11.1 Å². The van der Waals surface area contributed by atoms with Gasteiger partial charge in [0, 0.05) is 57.2 Å². The fourth-order valence-electron chi connectivity index (χ4n) is 3.56. The number of amides is 1. The quantitative estimate of drug-likeness (QED) is 0.699. The van der Waals surface area contributed by atoms with Crippen LogP contribution in [0, 0.1) is 0 Å². The van der Waals surface area contributed by atoms with E-state index in [0.717, 1.165) is 29.7 Å². The van der Waals surface area contributed by atoms with Gasteiger partial charge in [0.25, 0.3) is 5.91 Å². The number of carbonyl (C=O) groups is 1. The maximum Gasteiger partial charge on any atom is 0.255 e. The normalized spacial score (nSPS) is 16.2. The molecule has 0 saturated carbocycles. The van der Waals surface area contributed by atoms with E-state index in [9.17, 15) is 4.79 Å². The number of anilines is 1. The highest BCUT2D eigenvalue weighted by Crippen LogP contribution is 2.37. The first-order valence-electron chi connectivity index (χ1n) is 9.31. The van der Waals surface area contributed by atoms with E-state index in [1.165, 1.54) is 0 Å². The number of nitrogens with zero attached hydrogens (tertiary/aromatic N) is 6. The Labute approximate surface area is 164 Å². The summed E-state index contributed by atoms with van der Waals surface area (Å²) in [6.45, 7) is 0.704. The van der Waals surface area contributed by atoms with Crippen molar-refractivity contribution in [1.29, 1.82) is 0 Å². The lowest BCUT2D eigenvalue weighted by molar-refractivity contribution is 0.0733. The standard InChI is InChI=1S/C21H22N6O/c1-26(2)21-24-14-17(15-7-10-22-11-8-15)19(25-21)18-6-4-12-27(18)20(28)16-5-3-9-23-13-16/h3,5,7-11,13-14,18H,4,6,12H2,1-2H3. The molecule has 7 nitrogen and oxygen atoms in total. The maximum absolute atomic E-state index is 13.1. The highest BCUT2D eigenvalue weighted by Gasteiger charge is 2.34. The molecule has 1 fully saturated rings. The van der Waals surface area contributed by atoms with Crippen LogP contribution in [0.1, 0.15) is 34.9 Å². The van der Waals surface area contributed by atoms with Crippen molar-refractivity contribution in [1.82, 2.24) is 24.8 Å². The molecule has 3 aromatic heterocycles. The predicted molar refractivity (Wildman–Crippen MR) is 107 cm³/mol. The van der Waals surface area contributed by atoms with Crippen LogP contribution in [-0.4, -0.2) is 51.4 Å². The third-order valence-electron chi connectivity index (χ3n) is 4.93. The van der Waals surface area contributed by atoms with Crippen LogP contribution in [0.4, 0.5) is 5.95 Å². The van der Waals surface area contributed by atoms with Crippen LogP contribution in [-0.2, 0) is 0 Å². The van der Waals surface area contributed by atoms with E-state index in [4.69, 9.17) is 4.98 Å². The first-order valence-corrected chi connectivity index (χ1v) is 9.31. The lowest BCUT2D eigenvalue weighted by Gasteiger charge is -2.26. The second-order valence-electron chi connectivity index (χ2n) is 7.00. The predicted octanol–water partition coefficient (Wildman–Crippen LogP) is 2.98. The molecule has 0 aromatic carbocycles. The van der Waals surface area contributed by atoms with Crippen LogP contribution in [0.5, 0.6) is 0 Å². The van der Waals surface area contributed by atoms with Crippen molar-refractivity contribution < 1.29 is 4.79 Å². The third-order valence-corrected chi connectivity index (χ3v) is 4.93. The number of aromatic nitrogens is 4. The molecule has 1 atom stereocenters. The molecular weight excluding hydrogens is 352 g/mol. The minimum Gasteiger partial charge on any atom is -0.347 e. The topological polar surface area (TPSA) is 75.1 Å². The summed E-state index contributed by atoms with van der Waals surface area (Å²) >= 11 is 0. The summed E-state index contributed by atoms with van der Waals surface area (Å²) < 4.78 is 0. The van der Waals surface area contributed by atoms with Gasteiger partial charge in [-0.3, -0.25) is 14.8 Å². The number of rotatable bonds is 4. The summed E-state index contributed by atoms with van der Waals surface area (Å²) in [4.78, 5) is 34.4. The fourth-order valence-corrected chi connectivity index (χ4v) is 3.56. The second kappa shape index (κ2) is 7.72. The Hall–Kier alpha value is -3.35. The van der Waals surface area contributed by atoms with Crippen molar-refractivity contribution in [2.24, 2.45) is 0 Å². The maximum atomic E-state index is 13.1. The van der Waals surface area contributed by atoms with E-state index in [2.05, 4.69) is 15.0 Å². The smallest absolute Gasteiger partial charge is 0.255 e. The lowest BCUT2D eigenvalue weighted by atomic mass is 10.0. The minimum absolute atomic E-state index is 0.0127. The van der Waals surface area contributed by atoms with Crippen molar-refractivity contribution in [2.45, 2.75) is 18.9 Å². The van der Waals surface area contributed by atoms with Gasteiger partial charge in [-0.25, -0.2) is 9.97 Å². The van der Waals surface area contributed by atoms with E-state index in [0.29, 0.717) is 18.1 Å². The molecule has 0 radical (unpaired) electrons. The zero-order valence-corrected chi connectivity index (χ0v) is 16.0. The molecule has 142 valence electrons. The van der Waals surface area contributed by atoms with E-state index in [1.807, 2.05) is 42.2 Å². The summed E-state index contributed by atoms with van der Waals surface area (Å²) in [5, 5.41) is 0. The highest BCUT2D eigenvalue weighted by atomic mass is 16.2.